The molecular weight excluding hydrogens is 854 g/mol. The summed E-state index contributed by atoms with van der Waals surface area (Å²) < 4.78 is 0. The zero-order valence-corrected chi connectivity index (χ0v) is 41.8. The fraction of sp³-hybridized carbons (Fsp3) is 0.851. The van der Waals surface area contributed by atoms with Crippen LogP contribution >= 0.6 is 12.4 Å². The highest BCUT2D eigenvalue weighted by Crippen LogP contribution is 2.14. The fourth-order valence-electron chi connectivity index (χ4n) is 7.39. The van der Waals surface area contributed by atoms with Crippen molar-refractivity contribution in [3.63, 3.8) is 0 Å². The molecule has 0 aliphatic rings. The molecule has 0 saturated carbocycles. The van der Waals surface area contributed by atoms with Gasteiger partial charge in [-0.2, -0.15) is 0 Å². The Morgan fingerprint density at radius 1 is 0.415 bits per heavy atom. The number of carboxylic acids is 1. The predicted molar refractivity (Wildman–Crippen MR) is 261 cm³/mol. The van der Waals surface area contributed by atoms with Crippen molar-refractivity contribution in [2.75, 3.05) is 19.6 Å². The summed E-state index contributed by atoms with van der Waals surface area (Å²) >= 11 is 0. The maximum absolute atomic E-state index is 14.0. The van der Waals surface area contributed by atoms with Gasteiger partial charge in [0, 0.05) is 6.42 Å². The smallest absolute Gasteiger partial charge is 0.326 e. The second kappa shape index (κ2) is 39.6. The highest BCUT2D eigenvalue weighted by Gasteiger charge is 2.32. The van der Waals surface area contributed by atoms with Crippen molar-refractivity contribution in [1.82, 2.24) is 31.9 Å². The molecule has 18 heteroatoms. The number of rotatable bonds is 40. The Morgan fingerprint density at radius 2 is 0.754 bits per heavy atom. The summed E-state index contributed by atoms with van der Waals surface area (Å²) in [6, 6.07) is -6.37. The molecule has 0 saturated heterocycles. The molecule has 0 unspecified atom stereocenters. The molecule has 17 nitrogen and oxygen atoms in total. The predicted octanol–water partition coefficient (Wildman–Crippen LogP) is 4.60. The van der Waals surface area contributed by atoms with Gasteiger partial charge in [0.15, 0.2) is 0 Å². The van der Waals surface area contributed by atoms with Crippen LogP contribution < -0.4 is 49.1 Å². The highest BCUT2D eigenvalue weighted by atomic mass is 35.5. The van der Waals surface area contributed by atoms with E-state index in [2.05, 4.69) is 38.8 Å². The van der Waals surface area contributed by atoms with Gasteiger partial charge in [0.05, 0.1) is 0 Å². The van der Waals surface area contributed by atoms with Gasteiger partial charge in [-0.15, -0.1) is 12.4 Å². The number of hydrogen-bond donors (Lipinski definition) is 10. The van der Waals surface area contributed by atoms with Gasteiger partial charge in [-0.25, -0.2) is 4.79 Å². The molecule has 0 aromatic rings. The van der Waals surface area contributed by atoms with Crippen LogP contribution in [0.1, 0.15) is 189 Å². The highest BCUT2D eigenvalue weighted by molar-refractivity contribution is 5.96. The van der Waals surface area contributed by atoms with E-state index in [1.165, 1.54) is 51.9 Å². The standard InChI is InChI=1S/C47H91N9O8.ClH/c1-7-8-9-10-11-12-13-14-15-16-17-27-41(57)52-39(31-33(2)3)45(61)54-37(25-19-22-29-49)44(60)53-36(24-18-21-28-48)43(59)51-35(6)42(58)56-40(32-34(4)5)46(62)55-38(47(63)64)26-20-23-30-50;/h33-40H,7-32,48-50H2,1-6H3,(H,51,59)(H,52,57)(H,53,60)(H,54,61)(H,55,62)(H,56,58)(H,63,64);1H/t35-,36-,37-,38-,39-,40-;/m0./s1. The molecule has 0 aliphatic carbocycles. The number of carboxylic acid groups (broad SMARTS) is 1. The van der Waals surface area contributed by atoms with Crippen molar-refractivity contribution in [2.45, 2.75) is 225 Å². The van der Waals surface area contributed by atoms with Crippen LogP contribution in [0.15, 0.2) is 0 Å². The number of carbonyl (C=O) groups is 7. The van der Waals surface area contributed by atoms with E-state index in [1.807, 2.05) is 27.7 Å². The number of nitrogens with two attached hydrogens (primary N) is 3. The second-order valence-corrected chi connectivity index (χ2v) is 18.3. The average molecular weight is 947 g/mol. The average Bonchev–Trinajstić information content (AvgIpc) is 3.23. The number of amides is 6. The first kappa shape index (κ1) is 63.5. The van der Waals surface area contributed by atoms with E-state index in [0.29, 0.717) is 71.0 Å². The summed E-state index contributed by atoms with van der Waals surface area (Å²) in [7, 11) is 0. The summed E-state index contributed by atoms with van der Waals surface area (Å²) in [5.41, 5.74) is 17.0. The number of aliphatic carboxylic acids is 1. The molecule has 0 rings (SSSR count). The second-order valence-electron chi connectivity index (χ2n) is 18.3. The van der Waals surface area contributed by atoms with Crippen LogP contribution in [0.5, 0.6) is 0 Å². The van der Waals surface area contributed by atoms with Gasteiger partial charge in [0.25, 0.3) is 0 Å². The van der Waals surface area contributed by atoms with Gasteiger partial charge in [0.1, 0.15) is 36.3 Å². The molecule has 0 aromatic heterocycles. The topological polar surface area (TPSA) is 290 Å². The van der Waals surface area contributed by atoms with Crippen molar-refractivity contribution >= 4 is 53.8 Å². The molecule has 13 N–H and O–H groups in total. The molecular formula is C47H92ClN9O8. The summed E-state index contributed by atoms with van der Waals surface area (Å²) in [5.74, 6) is -4.46. The molecule has 0 radical (unpaired) electrons. The molecule has 380 valence electrons. The zero-order chi connectivity index (χ0) is 48.3. The lowest BCUT2D eigenvalue weighted by atomic mass is 10.0. The van der Waals surface area contributed by atoms with Gasteiger partial charge in [-0.1, -0.05) is 98.8 Å². The third-order valence-corrected chi connectivity index (χ3v) is 11.2. The Kier molecular flexibility index (Phi) is 38.7. The van der Waals surface area contributed by atoms with Gasteiger partial charge in [-0.05, 0) is 115 Å². The van der Waals surface area contributed by atoms with E-state index in [4.69, 9.17) is 17.2 Å². The van der Waals surface area contributed by atoms with E-state index >= 15 is 0 Å². The first-order valence-electron chi connectivity index (χ1n) is 24.6. The molecule has 0 aromatic carbocycles. The molecule has 0 spiro atoms. The maximum Gasteiger partial charge on any atom is 0.326 e. The van der Waals surface area contributed by atoms with E-state index in [-0.39, 0.29) is 55.8 Å². The van der Waals surface area contributed by atoms with Crippen LogP contribution in [0, 0.1) is 11.8 Å². The summed E-state index contributed by atoms with van der Waals surface area (Å²) in [6.07, 6.45) is 17.5. The quantitative estimate of drug-likeness (QED) is 0.0379. The normalized spacial score (nSPS) is 14.0. The van der Waals surface area contributed by atoms with E-state index in [9.17, 15) is 38.7 Å². The number of unbranched alkanes of at least 4 members (excludes halogenated alkanes) is 13. The van der Waals surface area contributed by atoms with Crippen LogP contribution in [0.3, 0.4) is 0 Å². The van der Waals surface area contributed by atoms with Gasteiger partial charge < -0.3 is 54.2 Å². The summed E-state index contributed by atoms with van der Waals surface area (Å²) in [6.45, 7) is 12.4. The van der Waals surface area contributed by atoms with Crippen LogP contribution in [0.4, 0.5) is 0 Å². The minimum atomic E-state index is -1.20. The van der Waals surface area contributed by atoms with Crippen LogP contribution in [0.25, 0.3) is 0 Å². The molecule has 0 fully saturated rings. The Balaban J connectivity index is 0. The largest absolute Gasteiger partial charge is 0.480 e. The molecule has 6 amide bonds. The summed E-state index contributed by atoms with van der Waals surface area (Å²) in [5, 5.41) is 26.1. The van der Waals surface area contributed by atoms with Crippen molar-refractivity contribution in [3.05, 3.63) is 0 Å². The van der Waals surface area contributed by atoms with Gasteiger partial charge in [-0.3, -0.25) is 28.8 Å². The monoisotopic (exact) mass is 946 g/mol. The van der Waals surface area contributed by atoms with E-state index < -0.39 is 71.8 Å². The first-order valence-corrected chi connectivity index (χ1v) is 24.6. The van der Waals surface area contributed by atoms with E-state index in [1.54, 1.807) is 0 Å². The third kappa shape index (κ3) is 31.9. The van der Waals surface area contributed by atoms with Crippen LogP contribution in [-0.4, -0.2) is 102 Å². The summed E-state index contributed by atoms with van der Waals surface area (Å²) in [4.78, 5) is 93.1. The van der Waals surface area contributed by atoms with Gasteiger partial charge >= 0.3 is 5.97 Å². The minimum Gasteiger partial charge on any atom is -0.480 e. The lowest BCUT2D eigenvalue weighted by Gasteiger charge is -2.27. The minimum absolute atomic E-state index is 0. The number of carbonyl (C=O) groups excluding carboxylic acids is 6. The van der Waals surface area contributed by atoms with E-state index in [0.717, 1.165) is 25.7 Å². The van der Waals surface area contributed by atoms with Crippen molar-refractivity contribution in [3.8, 4) is 0 Å². The van der Waals surface area contributed by atoms with Crippen LogP contribution in [-0.2, 0) is 33.6 Å². The van der Waals surface area contributed by atoms with Crippen molar-refractivity contribution in [1.29, 1.82) is 0 Å². The molecule has 0 heterocycles. The molecule has 65 heavy (non-hydrogen) atoms. The van der Waals surface area contributed by atoms with Gasteiger partial charge in [0.2, 0.25) is 35.4 Å². The van der Waals surface area contributed by atoms with Crippen molar-refractivity contribution < 1.29 is 38.7 Å². The Hall–Kier alpha value is -3.54. The SMILES string of the molecule is CCCCCCCCCCCCCC(=O)N[C@@H](CC(C)C)C(=O)N[C@@H](CCCCN)C(=O)N[C@@H](CCCCN)C(=O)N[C@@H](C)C(=O)N[C@@H](CC(C)C)C(=O)N[C@@H](CCCCN)C(=O)O.Cl. The first-order chi connectivity index (χ1) is 30.5. The van der Waals surface area contributed by atoms with Crippen molar-refractivity contribution in [2.24, 2.45) is 29.0 Å². The Labute approximate surface area is 397 Å². The number of nitrogens with one attached hydrogen (secondary N) is 6. The van der Waals surface area contributed by atoms with Crippen LogP contribution in [0.2, 0.25) is 0 Å². The molecule has 6 atom stereocenters. The lowest BCUT2D eigenvalue weighted by molar-refractivity contribution is -0.142. The molecule has 0 bridgehead atoms. The third-order valence-electron chi connectivity index (χ3n) is 11.2. The Bertz CT molecular complexity index is 1340. The maximum atomic E-state index is 14.0. The molecule has 0 aliphatic heterocycles. The number of halogens is 1. The number of hydrogen-bond acceptors (Lipinski definition) is 10. The zero-order valence-electron chi connectivity index (χ0n) is 40.9. The fourth-order valence-corrected chi connectivity index (χ4v) is 7.39. The Morgan fingerprint density at radius 3 is 1.15 bits per heavy atom. The lowest BCUT2D eigenvalue weighted by Crippen LogP contribution is -2.59.